The summed E-state index contributed by atoms with van der Waals surface area (Å²) in [7, 11) is 1.66. The smallest absolute Gasteiger partial charge is 0.336 e. The predicted octanol–water partition coefficient (Wildman–Crippen LogP) is 0.932. The molecular formula is C19H24N2O4. The standard InChI is InChI=1S/C19H24N2O4/c1-11-14(18(23)25-10-12-5-6-12)15-13(7-8-19(2,3)24)9-21(4)17(22)16(15)20-11/h9,12,15-16,20,24H,5-6,10H2,1-4H3. The fourth-order valence-electron chi connectivity index (χ4n) is 3.08. The van der Waals surface area contributed by atoms with Crippen LogP contribution in [0.2, 0.25) is 0 Å². The number of ether oxygens (including phenoxy) is 1. The molecule has 2 heterocycles. The van der Waals surface area contributed by atoms with Crippen LogP contribution in [0, 0.1) is 23.7 Å². The van der Waals surface area contributed by atoms with E-state index >= 15 is 0 Å². The molecule has 0 bridgehead atoms. The molecule has 2 N–H and O–H groups in total. The summed E-state index contributed by atoms with van der Waals surface area (Å²) < 4.78 is 5.44. The second kappa shape index (κ2) is 6.23. The van der Waals surface area contributed by atoms with E-state index in [1.165, 1.54) is 4.90 Å². The SMILES string of the molecule is CC1=C(C(=O)OCC2CC2)C2C(C#CC(C)(C)O)=CN(C)C(=O)C2N1. The molecule has 3 aliphatic rings. The highest BCUT2D eigenvalue weighted by molar-refractivity contribution is 5.97. The molecule has 0 aromatic heterocycles. The Morgan fingerprint density at radius 3 is 2.76 bits per heavy atom. The van der Waals surface area contributed by atoms with Crippen LogP contribution in [0.15, 0.2) is 23.0 Å². The van der Waals surface area contributed by atoms with Crippen LogP contribution < -0.4 is 5.32 Å². The predicted molar refractivity (Wildman–Crippen MR) is 91.7 cm³/mol. The van der Waals surface area contributed by atoms with Gasteiger partial charge < -0.3 is 20.1 Å². The van der Waals surface area contributed by atoms with Gasteiger partial charge in [0.2, 0.25) is 5.91 Å². The minimum atomic E-state index is -1.16. The summed E-state index contributed by atoms with van der Waals surface area (Å²) in [4.78, 5) is 26.6. The van der Waals surface area contributed by atoms with Crippen LogP contribution in [0.5, 0.6) is 0 Å². The van der Waals surface area contributed by atoms with Crippen molar-refractivity contribution in [3.8, 4) is 11.8 Å². The number of esters is 1. The van der Waals surface area contributed by atoms with Crippen molar-refractivity contribution in [2.75, 3.05) is 13.7 Å². The van der Waals surface area contributed by atoms with Gasteiger partial charge in [-0.1, -0.05) is 11.8 Å². The van der Waals surface area contributed by atoms with E-state index in [0.29, 0.717) is 29.4 Å². The molecule has 0 radical (unpaired) electrons. The summed E-state index contributed by atoms with van der Waals surface area (Å²) in [5.41, 5.74) is 0.573. The van der Waals surface area contributed by atoms with Crippen molar-refractivity contribution < 1.29 is 19.4 Å². The van der Waals surface area contributed by atoms with Crippen LogP contribution >= 0.6 is 0 Å². The quantitative estimate of drug-likeness (QED) is 0.588. The Hall–Kier alpha value is -2.26. The number of hydrogen-bond acceptors (Lipinski definition) is 5. The Morgan fingerprint density at radius 2 is 2.16 bits per heavy atom. The fraction of sp³-hybridized carbons (Fsp3) is 0.579. The van der Waals surface area contributed by atoms with Crippen LogP contribution in [0.3, 0.4) is 0 Å². The van der Waals surface area contributed by atoms with Gasteiger partial charge in [0.1, 0.15) is 11.6 Å². The van der Waals surface area contributed by atoms with Crippen molar-refractivity contribution in [2.24, 2.45) is 11.8 Å². The lowest BCUT2D eigenvalue weighted by Crippen LogP contribution is -2.48. The van der Waals surface area contributed by atoms with E-state index in [4.69, 9.17) is 4.74 Å². The number of carbonyl (C=O) groups excluding carboxylic acids is 2. The maximum Gasteiger partial charge on any atom is 0.336 e. The number of nitrogens with one attached hydrogen (secondary N) is 1. The van der Waals surface area contributed by atoms with Crippen LogP contribution in [0.25, 0.3) is 0 Å². The third kappa shape index (κ3) is 3.72. The van der Waals surface area contributed by atoms with Crippen LogP contribution in [-0.2, 0) is 14.3 Å². The van der Waals surface area contributed by atoms with E-state index in [1.54, 1.807) is 34.0 Å². The molecule has 25 heavy (non-hydrogen) atoms. The molecule has 1 amide bonds. The van der Waals surface area contributed by atoms with Gasteiger partial charge in [-0.25, -0.2) is 4.79 Å². The first-order valence-electron chi connectivity index (χ1n) is 8.56. The largest absolute Gasteiger partial charge is 0.462 e. The maximum atomic E-state index is 12.6. The second-order valence-corrected chi connectivity index (χ2v) is 7.52. The van der Waals surface area contributed by atoms with Crippen LogP contribution in [0.1, 0.15) is 33.6 Å². The van der Waals surface area contributed by atoms with E-state index in [2.05, 4.69) is 17.2 Å². The molecule has 0 aromatic carbocycles. The molecule has 6 heteroatoms. The van der Waals surface area contributed by atoms with Crippen molar-refractivity contribution in [1.82, 2.24) is 10.2 Å². The van der Waals surface area contributed by atoms with Gasteiger partial charge in [0.05, 0.1) is 18.1 Å². The molecule has 1 aliphatic carbocycles. The number of likely N-dealkylation sites (N-methyl/N-ethyl adjacent to an activating group) is 1. The highest BCUT2D eigenvalue weighted by Gasteiger charge is 2.46. The summed E-state index contributed by atoms with van der Waals surface area (Å²) >= 11 is 0. The minimum Gasteiger partial charge on any atom is -0.462 e. The Balaban J connectivity index is 1.91. The zero-order valence-corrected chi connectivity index (χ0v) is 15.0. The zero-order valence-electron chi connectivity index (χ0n) is 15.0. The molecule has 1 saturated carbocycles. The number of allylic oxidation sites excluding steroid dienone is 1. The summed E-state index contributed by atoms with van der Waals surface area (Å²) in [5, 5.41) is 13.0. The molecule has 3 rings (SSSR count). The van der Waals surface area contributed by atoms with E-state index in [1.807, 2.05) is 0 Å². The number of rotatable bonds is 3. The van der Waals surface area contributed by atoms with Gasteiger partial charge >= 0.3 is 5.97 Å². The topological polar surface area (TPSA) is 78.9 Å². The van der Waals surface area contributed by atoms with Crippen molar-refractivity contribution in [2.45, 2.75) is 45.3 Å². The number of fused-ring (bicyclic) bond motifs is 1. The van der Waals surface area contributed by atoms with Crippen molar-refractivity contribution in [3.63, 3.8) is 0 Å². The van der Waals surface area contributed by atoms with Gasteiger partial charge in [0, 0.05) is 24.5 Å². The highest BCUT2D eigenvalue weighted by atomic mass is 16.5. The first kappa shape index (κ1) is 17.6. The summed E-state index contributed by atoms with van der Waals surface area (Å²) in [6, 6.07) is -0.565. The third-order valence-corrected chi connectivity index (χ3v) is 4.58. The van der Waals surface area contributed by atoms with E-state index in [-0.39, 0.29) is 5.91 Å². The van der Waals surface area contributed by atoms with Crippen molar-refractivity contribution >= 4 is 11.9 Å². The average molecular weight is 344 g/mol. The van der Waals surface area contributed by atoms with Crippen LogP contribution in [-0.4, -0.2) is 47.2 Å². The first-order valence-corrected chi connectivity index (χ1v) is 8.56. The van der Waals surface area contributed by atoms with Gasteiger partial charge in [-0.3, -0.25) is 4.79 Å². The lowest BCUT2D eigenvalue weighted by atomic mass is 9.84. The van der Waals surface area contributed by atoms with Gasteiger partial charge in [-0.2, -0.15) is 0 Å². The average Bonchev–Trinajstić information content (AvgIpc) is 3.28. The van der Waals surface area contributed by atoms with Gasteiger partial charge in [0.15, 0.2) is 0 Å². The molecule has 2 atom stereocenters. The van der Waals surface area contributed by atoms with E-state index in [9.17, 15) is 14.7 Å². The monoisotopic (exact) mass is 344 g/mol. The van der Waals surface area contributed by atoms with Crippen molar-refractivity contribution in [3.05, 3.63) is 23.0 Å². The zero-order chi connectivity index (χ0) is 18.4. The molecule has 6 nitrogen and oxygen atoms in total. The lowest BCUT2D eigenvalue weighted by molar-refractivity contribution is -0.140. The number of carbonyl (C=O) groups is 2. The second-order valence-electron chi connectivity index (χ2n) is 7.52. The van der Waals surface area contributed by atoms with E-state index in [0.717, 1.165) is 12.8 Å². The Kier molecular flexibility index (Phi) is 4.38. The molecule has 1 fully saturated rings. The Morgan fingerprint density at radius 1 is 1.48 bits per heavy atom. The normalized spacial score (nSPS) is 25.7. The first-order chi connectivity index (χ1) is 11.7. The minimum absolute atomic E-state index is 0.122. The maximum absolute atomic E-state index is 12.6. The van der Waals surface area contributed by atoms with Crippen LogP contribution in [0.4, 0.5) is 0 Å². The van der Waals surface area contributed by atoms with Gasteiger partial charge in [-0.15, -0.1) is 0 Å². The number of aliphatic hydroxyl groups is 1. The lowest BCUT2D eigenvalue weighted by Gasteiger charge is -2.30. The number of nitrogens with zero attached hydrogens (tertiary/aromatic N) is 1. The van der Waals surface area contributed by atoms with Crippen molar-refractivity contribution in [1.29, 1.82) is 0 Å². The molecule has 0 saturated heterocycles. The molecule has 2 aliphatic heterocycles. The number of hydrogen-bond donors (Lipinski definition) is 2. The summed E-state index contributed by atoms with van der Waals surface area (Å²) in [5.74, 6) is 5.20. The number of amides is 1. The summed E-state index contributed by atoms with van der Waals surface area (Å²) in [6.45, 7) is 5.39. The van der Waals surface area contributed by atoms with E-state index < -0.39 is 23.5 Å². The van der Waals surface area contributed by atoms with Gasteiger partial charge in [-0.05, 0) is 39.5 Å². The Labute approximate surface area is 147 Å². The highest BCUT2D eigenvalue weighted by Crippen LogP contribution is 2.37. The molecule has 134 valence electrons. The molecule has 2 unspecified atom stereocenters. The molecule has 0 spiro atoms. The van der Waals surface area contributed by atoms with Gasteiger partial charge in [0.25, 0.3) is 0 Å². The molecule has 0 aromatic rings. The third-order valence-electron chi connectivity index (χ3n) is 4.58. The molecular weight excluding hydrogens is 320 g/mol. The Bertz CT molecular complexity index is 729. The summed E-state index contributed by atoms with van der Waals surface area (Å²) in [6.07, 6.45) is 3.83. The fourth-order valence-corrected chi connectivity index (χ4v) is 3.08.